The summed E-state index contributed by atoms with van der Waals surface area (Å²) < 4.78 is 5.26. The second kappa shape index (κ2) is 8.26. The number of hydrogen-bond acceptors (Lipinski definition) is 4. The van der Waals surface area contributed by atoms with Gasteiger partial charge in [0.2, 0.25) is 5.91 Å². The molecule has 6 nitrogen and oxygen atoms in total. The summed E-state index contributed by atoms with van der Waals surface area (Å²) in [6.45, 7) is 6.65. The zero-order valence-corrected chi connectivity index (χ0v) is 14.5. The van der Waals surface area contributed by atoms with Crippen LogP contribution in [0.15, 0.2) is 24.3 Å². The molecule has 132 valence electrons. The highest BCUT2D eigenvalue weighted by atomic mass is 16.5. The molecule has 1 heterocycles. The van der Waals surface area contributed by atoms with Gasteiger partial charge < -0.3 is 20.7 Å². The number of nitrogens with one attached hydrogen (secondary N) is 1. The van der Waals surface area contributed by atoms with Crippen LogP contribution in [0, 0.1) is 5.41 Å². The average Bonchev–Trinajstić information content (AvgIpc) is 2.64. The van der Waals surface area contributed by atoms with E-state index in [1.165, 1.54) is 0 Å². The fourth-order valence-corrected chi connectivity index (χ4v) is 2.86. The lowest BCUT2D eigenvalue weighted by Crippen LogP contribution is -2.41. The molecule has 0 radical (unpaired) electrons. The van der Waals surface area contributed by atoms with Crippen LogP contribution in [0.2, 0.25) is 0 Å². The molecule has 0 aliphatic carbocycles. The maximum absolute atomic E-state index is 12.5. The smallest absolute Gasteiger partial charge is 0.254 e. The van der Waals surface area contributed by atoms with Crippen molar-refractivity contribution < 1.29 is 14.3 Å². The van der Waals surface area contributed by atoms with Gasteiger partial charge in [-0.15, -0.1) is 0 Å². The molecule has 2 amide bonds. The van der Waals surface area contributed by atoms with E-state index in [0.717, 1.165) is 0 Å². The Bertz CT molecular complexity index is 553. The number of rotatable bonds is 6. The van der Waals surface area contributed by atoms with Crippen LogP contribution in [-0.2, 0) is 9.53 Å². The Morgan fingerprint density at radius 2 is 1.75 bits per heavy atom. The van der Waals surface area contributed by atoms with Crippen LogP contribution in [0.1, 0.15) is 37.0 Å². The normalized spacial score (nSPS) is 15.2. The van der Waals surface area contributed by atoms with Crippen molar-refractivity contribution in [2.24, 2.45) is 11.1 Å². The second-order valence-electron chi connectivity index (χ2n) is 6.13. The second-order valence-corrected chi connectivity index (χ2v) is 6.13. The molecule has 1 saturated heterocycles. The van der Waals surface area contributed by atoms with Gasteiger partial charge in [-0.1, -0.05) is 13.8 Å². The lowest BCUT2D eigenvalue weighted by atomic mass is 9.81. The Labute approximate surface area is 143 Å². The van der Waals surface area contributed by atoms with Gasteiger partial charge in [0.15, 0.2) is 0 Å². The molecule has 1 aromatic carbocycles. The van der Waals surface area contributed by atoms with Crippen molar-refractivity contribution in [3.63, 3.8) is 0 Å². The standard InChI is InChI=1S/C18H27N3O3/c1-3-18(4-2,13-19)17(23)20-15-7-5-14(6-8-15)16(22)21-9-11-24-12-10-21/h5-8H,3-4,9-13,19H2,1-2H3,(H,20,23). The van der Waals surface area contributed by atoms with E-state index in [4.69, 9.17) is 10.5 Å². The number of nitrogens with two attached hydrogens (primary N) is 1. The molecule has 24 heavy (non-hydrogen) atoms. The highest BCUT2D eigenvalue weighted by Gasteiger charge is 2.33. The number of amides is 2. The van der Waals surface area contributed by atoms with E-state index in [2.05, 4.69) is 5.32 Å². The number of anilines is 1. The largest absolute Gasteiger partial charge is 0.378 e. The van der Waals surface area contributed by atoms with Crippen LogP contribution < -0.4 is 11.1 Å². The SMILES string of the molecule is CCC(CC)(CN)C(=O)Nc1ccc(C(=O)N2CCOCC2)cc1. The van der Waals surface area contributed by atoms with Gasteiger partial charge in [0.05, 0.1) is 18.6 Å². The van der Waals surface area contributed by atoms with E-state index in [1.807, 2.05) is 13.8 Å². The zero-order valence-electron chi connectivity index (χ0n) is 14.5. The highest BCUT2D eigenvalue weighted by molar-refractivity contribution is 5.97. The first-order valence-corrected chi connectivity index (χ1v) is 8.55. The summed E-state index contributed by atoms with van der Waals surface area (Å²) in [6, 6.07) is 7.02. The van der Waals surface area contributed by atoms with E-state index < -0.39 is 5.41 Å². The van der Waals surface area contributed by atoms with Gasteiger partial charge in [0, 0.05) is 30.9 Å². The molecule has 6 heteroatoms. The molecule has 0 spiro atoms. The lowest BCUT2D eigenvalue weighted by molar-refractivity contribution is -0.125. The first-order chi connectivity index (χ1) is 11.6. The van der Waals surface area contributed by atoms with Crippen LogP contribution >= 0.6 is 0 Å². The van der Waals surface area contributed by atoms with Gasteiger partial charge in [0.1, 0.15) is 0 Å². The van der Waals surface area contributed by atoms with Crippen LogP contribution in [-0.4, -0.2) is 49.6 Å². The van der Waals surface area contributed by atoms with Gasteiger partial charge in [-0.2, -0.15) is 0 Å². The predicted molar refractivity (Wildman–Crippen MR) is 93.9 cm³/mol. The van der Waals surface area contributed by atoms with Gasteiger partial charge in [0.25, 0.3) is 5.91 Å². The summed E-state index contributed by atoms with van der Waals surface area (Å²) in [5.74, 6) is -0.0724. The highest BCUT2D eigenvalue weighted by Crippen LogP contribution is 2.27. The number of morpholine rings is 1. The molecule has 1 aliphatic heterocycles. The first kappa shape index (κ1) is 18.4. The number of benzene rings is 1. The van der Waals surface area contributed by atoms with E-state index in [1.54, 1.807) is 29.2 Å². The summed E-state index contributed by atoms with van der Waals surface area (Å²) in [5, 5.41) is 2.92. The number of carbonyl (C=O) groups is 2. The summed E-state index contributed by atoms with van der Waals surface area (Å²) in [6.07, 6.45) is 1.39. The molecule has 0 saturated carbocycles. The van der Waals surface area contributed by atoms with Crippen molar-refractivity contribution in [3.05, 3.63) is 29.8 Å². The van der Waals surface area contributed by atoms with Crippen molar-refractivity contribution >= 4 is 17.5 Å². The van der Waals surface area contributed by atoms with Crippen molar-refractivity contribution in [3.8, 4) is 0 Å². The first-order valence-electron chi connectivity index (χ1n) is 8.55. The summed E-state index contributed by atoms with van der Waals surface area (Å²) >= 11 is 0. The van der Waals surface area contributed by atoms with Gasteiger partial charge in [-0.05, 0) is 37.1 Å². The maximum Gasteiger partial charge on any atom is 0.254 e. The van der Waals surface area contributed by atoms with Crippen molar-refractivity contribution in [2.45, 2.75) is 26.7 Å². The number of carbonyl (C=O) groups excluding carboxylic acids is 2. The van der Waals surface area contributed by atoms with Gasteiger partial charge in [-0.25, -0.2) is 0 Å². The predicted octanol–water partition coefficient (Wildman–Crippen LogP) is 1.86. The van der Waals surface area contributed by atoms with Crippen LogP contribution in [0.5, 0.6) is 0 Å². The molecular formula is C18H27N3O3. The average molecular weight is 333 g/mol. The summed E-state index contributed by atoms with van der Waals surface area (Å²) in [4.78, 5) is 26.7. The molecule has 0 aromatic heterocycles. The molecule has 0 unspecified atom stereocenters. The molecule has 2 rings (SSSR count). The molecular weight excluding hydrogens is 306 g/mol. The third-order valence-electron chi connectivity index (χ3n) is 4.91. The van der Waals surface area contributed by atoms with Crippen LogP contribution in [0.4, 0.5) is 5.69 Å². The third-order valence-corrected chi connectivity index (χ3v) is 4.91. The molecule has 1 aliphatic rings. The van der Waals surface area contributed by atoms with Crippen molar-refractivity contribution in [1.29, 1.82) is 0 Å². The Morgan fingerprint density at radius 1 is 1.17 bits per heavy atom. The summed E-state index contributed by atoms with van der Waals surface area (Å²) in [7, 11) is 0. The minimum absolute atomic E-state index is 0.00500. The molecule has 0 bridgehead atoms. The molecule has 0 atom stereocenters. The Hall–Kier alpha value is -1.92. The Balaban J connectivity index is 2.03. The molecule has 1 aromatic rings. The van der Waals surface area contributed by atoms with E-state index in [9.17, 15) is 9.59 Å². The Kier molecular flexibility index (Phi) is 6.34. The number of ether oxygens (including phenoxy) is 1. The monoisotopic (exact) mass is 333 g/mol. The summed E-state index contributed by atoms with van der Waals surface area (Å²) in [5.41, 5.74) is 6.56. The number of hydrogen-bond donors (Lipinski definition) is 2. The van der Waals surface area contributed by atoms with Gasteiger partial charge >= 0.3 is 0 Å². The minimum Gasteiger partial charge on any atom is -0.378 e. The van der Waals surface area contributed by atoms with E-state index in [-0.39, 0.29) is 11.8 Å². The Morgan fingerprint density at radius 3 is 2.25 bits per heavy atom. The van der Waals surface area contributed by atoms with Crippen molar-refractivity contribution in [2.75, 3.05) is 38.2 Å². The van der Waals surface area contributed by atoms with E-state index >= 15 is 0 Å². The quantitative estimate of drug-likeness (QED) is 0.832. The third kappa shape index (κ3) is 3.94. The van der Waals surface area contributed by atoms with Gasteiger partial charge in [-0.3, -0.25) is 9.59 Å². The fraction of sp³-hybridized carbons (Fsp3) is 0.556. The minimum atomic E-state index is -0.539. The fourth-order valence-electron chi connectivity index (χ4n) is 2.86. The molecule has 1 fully saturated rings. The van der Waals surface area contributed by atoms with Crippen LogP contribution in [0.25, 0.3) is 0 Å². The maximum atomic E-state index is 12.5. The van der Waals surface area contributed by atoms with Crippen molar-refractivity contribution in [1.82, 2.24) is 4.90 Å². The topological polar surface area (TPSA) is 84.7 Å². The van der Waals surface area contributed by atoms with Crippen LogP contribution in [0.3, 0.4) is 0 Å². The zero-order chi connectivity index (χ0) is 17.6. The number of nitrogens with zero attached hydrogens (tertiary/aromatic N) is 1. The van der Waals surface area contributed by atoms with E-state index in [0.29, 0.717) is 56.9 Å². The molecule has 3 N–H and O–H groups in total. The lowest BCUT2D eigenvalue weighted by Gasteiger charge is -2.28.